The zero-order chi connectivity index (χ0) is 34.2. The standard InChI is InChI=1S/C36H38N7O4PS/c1-25(2)22-38-35-40-33-32(34(44)41-35)39-24-43(33)31-21-29(30(47-31)23-46-48(49)45-20-12-19-37)42-36(26-13-6-3-7-14-26,27-15-8-4-9-16-27)28-17-10-5-11-18-28/h3-11,13-18,24-25,29-31,42H,12,20-23H2,1-2H3,(H-,38,40,41,44)/p+1/t29-,30+,31+/m0/s1. The second kappa shape index (κ2) is 15.9. The van der Waals surface area contributed by atoms with E-state index in [1.165, 1.54) is 0 Å². The van der Waals surface area contributed by atoms with Crippen LogP contribution < -0.4 is 16.2 Å². The molecule has 11 nitrogen and oxygen atoms in total. The molecule has 4 atom stereocenters. The van der Waals surface area contributed by atoms with Crippen LogP contribution in [-0.2, 0) is 31.1 Å². The maximum absolute atomic E-state index is 13.0. The first-order valence-electron chi connectivity index (χ1n) is 16.3. The van der Waals surface area contributed by atoms with Gasteiger partial charge in [0.15, 0.2) is 11.2 Å². The summed E-state index contributed by atoms with van der Waals surface area (Å²) in [6.07, 6.45) is 1.33. The van der Waals surface area contributed by atoms with E-state index in [1.54, 1.807) is 6.33 Å². The van der Waals surface area contributed by atoms with E-state index in [0.29, 0.717) is 30.5 Å². The monoisotopic (exact) mass is 696 g/mol. The van der Waals surface area contributed by atoms with Crippen molar-refractivity contribution in [2.75, 3.05) is 25.1 Å². The summed E-state index contributed by atoms with van der Waals surface area (Å²) in [7, 11) is -1.66. The zero-order valence-corrected chi connectivity index (χ0v) is 29.1. The van der Waals surface area contributed by atoms with E-state index >= 15 is 0 Å². The minimum Gasteiger partial charge on any atom is -0.355 e. The van der Waals surface area contributed by atoms with E-state index in [9.17, 15) is 4.79 Å². The molecule has 0 bridgehead atoms. The van der Waals surface area contributed by atoms with Gasteiger partial charge in [0.25, 0.3) is 5.56 Å². The molecule has 2 aromatic heterocycles. The second-order valence-corrected chi connectivity index (χ2v) is 14.1. The van der Waals surface area contributed by atoms with Gasteiger partial charge in [0.1, 0.15) is 25.5 Å². The number of ether oxygens (including phenoxy) is 1. The van der Waals surface area contributed by atoms with Crippen LogP contribution in [0, 0.1) is 17.2 Å². The number of fused-ring (bicyclic) bond motifs is 1. The fourth-order valence-corrected chi connectivity index (χ4v) is 7.15. The molecule has 49 heavy (non-hydrogen) atoms. The Labute approximate surface area is 291 Å². The van der Waals surface area contributed by atoms with E-state index in [0.717, 1.165) is 16.7 Å². The van der Waals surface area contributed by atoms with Gasteiger partial charge >= 0.3 is 7.15 Å². The van der Waals surface area contributed by atoms with Crippen LogP contribution in [0.15, 0.2) is 102 Å². The molecule has 0 spiro atoms. The molecule has 1 aliphatic heterocycles. The molecular weight excluding hydrogens is 657 g/mol. The van der Waals surface area contributed by atoms with Crippen LogP contribution in [0.3, 0.4) is 0 Å². The largest absolute Gasteiger partial charge is 0.521 e. The molecule has 252 valence electrons. The summed E-state index contributed by atoms with van der Waals surface area (Å²) < 4.78 is 20.2. The smallest absolute Gasteiger partial charge is 0.355 e. The van der Waals surface area contributed by atoms with Crippen LogP contribution in [0.5, 0.6) is 0 Å². The summed E-state index contributed by atoms with van der Waals surface area (Å²) in [6.45, 7) is 5.16. The molecule has 0 saturated carbocycles. The Balaban J connectivity index is 1.40. The lowest BCUT2D eigenvalue weighted by molar-refractivity contribution is -0.0210. The van der Waals surface area contributed by atoms with Crippen molar-refractivity contribution in [1.82, 2.24) is 24.8 Å². The normalized spacial score (nSPS) is 18.1. The number of H-pyrrole nitrogens is 1. The van der Waals surface area contributed by atoms with Crippen molar-refractivity contribution in [3.63, 3.8) is 0 Å². The SMILES string of the molecule is CC(C)CNc1nc2c(ncn2[C@H]2C[C@H](NC(c3ccccc3)(c3ccccc3)c3ccccc3)[C@@H](CO[P+](=S)OCCC#N)O2)c(=O)[nH]1. The average molecular weight is 697 g/mol. The van der Waals surface area contributed by atoms with Crippen LogP contribution in [0.2, 0.25) is 0 Å². The third-order valence-corrected chi connectivity index (χ3v) is 9.82. The molecule has 6 rings (SSSR count). The lowest BCUT2D eigenvalue weighted by Gasteiger charge is -2.40. The molecule has 3 heterocycles. The summed E-state index contributed by atoms with van der Waals surface area (Å²) in [6, 6.07) is 32.8. The number of anilines is 1. The lowest BCUT2D eigenvalue weighted by Crippen LogP contribution is -2.53. The first-order valence-corrected chi connectivity index (χ1v) is 18.5. The number of imidazole rings is 1. The van der Waals surface area contributed by atoms with Crippen molar-refractivity contribution in [3.05, 3.63) is 124 Å². The molecule has 3 aromatic carbocycles. The van der Waals surface area contributed by atoms with Gasteiger partial charge in [-0.05, 0) is 22.6 Å². The maximum atomic E-state index is 13.0. The topological polar surface area (TPSA) is 139 Å². The van der Waals surface area contributed by atoms with Crippen LogP contribution in [0.25, 0.3) is 11.2 Å². The van der Waals surface area contributed by atoms with Gasteiger partial charge in [-0.1, -0.05) is 105 Å². The number of nitrogens with zero attached hydrogens (tertiary/aromatic N) is 4. The third-order valence-electron chi connectivity index (χ3n) is 8.43. The molecule has 13 heteroatoms. The fourth-order valence-electron chi connectivity index (χ4n) is 6.16. The number of rotatable bonds is 15. The predicted octanol–water partition coefficient (Wildman–Crippen LogP) is 6.15. The van der Waals surface area contributed by atoms with Gasteiger partial charge in [0.05, 0.1) is 24.4 Å². The number of hydrogen-bond donors (Lipinski definition) is 3. The van der Waals surface area contributed by atoms with Crippen molar-refractivity contribution in [1.29, 1.82) is 5.26 Å². The first kappa shape index (κ1) is 34.5. The van der Waals surface area contributed by atoms with E-state index in [-0.39, 0.29) is 36.8 Å². The van der Waals surface area contributed by atoms with Crippen LogP contribution in [0.4, 0.5) is 5.95 Å². The van der Waals surface area contributed by atoms with Gasteiger partial charge in [-0.15, -0.1) is 9.05 Å². The quantitative estimate of drug-likeness (QED) is 0.0664. The van der Waals surface area contributed by atoms with E-state index in [4.69, 9.17) is 35.8 Å². The lowest BCUT2D eigenvalue weighted by atomic mass is 9.76. The van der Waals surface area contributed by atoms with Crippen molar-refractivity contribution < 1.29 is 13.8 Å². The minimum absolute atomic E-state index is 0.145. The number of nitriles is 1. The number of hydrogen-bond acceptors (Lipinski definition) is 10. The van der Waals surface area contributed by atoms with E-state index in [1.807, 2.05) is 59.2 Å². The average Bonchev–Trinajstić information content (AvgIpc) is 3.74. The highest BCUT2D eigenvalue weighted by Gasteiger charge is 2.45. The van der Waals surface area contributed by atoms with Gasteiger partial charge in [-0.2, -0.15) is 10.2 Å². The Morgan fingerprint density at radius 1 is 1.04 bits per heavy atom. The van der Waals surface area contributed by atoms with Gasteiger partial charge < -0.3 is 10.1 Å². The van der Waals surface area contributed by atoms with Gasteiger partial charge in [-0.3, -0.25) is 19.7 Å². The Kier molecular flexibility index (Phi) is 11.2. The predicted molar refractivity (Wildman–Crippen MR) is 193 cm³/mol. The van der Waals surface area contributed by atoms with Crippen molar-refractivity contribution in [3.8, 4) is 6.07 Å². The van der Waals surface area contributed by atoms with Crippen molar-refractivity contribution in [2.24, 2.45) is 5.92 Å². The maximum Gasteiger partial charge on any atom is 0.521 e. The highest BCUT2D eigenvalue weighted by Crippen LogP contribution is 2.41. The summed E-state index contributed by atoms with van der Waals surface area (Å²) in [5, 5.41) is 16.2. The molecule has 1 fully saturated rings. The van der Waals surface area contributed by atoms with Gasteiger partial charge in [-0.25, -0.2) is 4.98 Å². The molecule has 0 aliphatic carbocycles. The molecule has 0 amide bonds. The molecule has 1 saturated heterocycles. The van der Waals surface area contributed by atoms with Crippen LogP contribution >= 0.6 is 7.15 Å². The van der Waals surface area contributed by atoms with E-state index in [2.05, 4.69) is 76.9 Å². The van der Waals surface area contributed by atoms with Gasteiger partial charge in [0, 0.05) is 19.0 Å². The van der Waals surface area contributed by atoms with Crippen molar-refractivity contribution >= 4 is 36.1 Å². The number of nitrogens with one attached hydrogen (secondary N) is 3. The first-order chi connectivity index (χ1) is 23.9. The highest BCUT2D eigenvalue weighted by molar-refractivity contribution is 8.00. The van der Waals surface area contributed by atoms with Crippen LogP contribution in [-0.4, -0.2) is 51.4 Å². The van der Waals surface area contributed by atoms with E-state index < -0.39 is 25.0 Å². The summed E-state index contributed by atoms with van der Waals surface area (Å²) in [5.74, 6) is 0.734. The minimum atomic E-state index is -1.66. The molecule has 3 N–H and O–H groups in total. The Morgan fingerprint density at radius 2 is 1.65 bits per heavy atom. The van der Waals surface area contributed by atoms with Crippen molar-refractivity contribution in [2.45, 2.75) is 50.6 Å². The highest BCUT2D eigenvalue weighted by atomic mass is 32.4. The molecule has 5 aromatic rings. The third kappa shape index (κ3) is 7.78. The Hall–Kier alpha value is -4.34. The molecule has 1 unspecified atom stereocenters. The summed E-state index contributed by atoms with van der Waals surface area (Å²) >= 11 is 5.47. The number of aromatic nitrogens is 4. The Bertz CT molecular complexity index is 1850. The zero-order valence-electron chi connectivity index (χ0n) is 27.4. The summed E-state index contributed by atoms with van der Waals surface area (Å²) in [4.78, 5) is 25.0. The Morgan fingerprint density at radius 3 is 2.22 bits per heavy atom. The van der Waals surface area contributed by atoms with Crippen LogP contribution in [0.1, 0.15) is 49.6 Å². The fraction of sp³-hybridized carbons (Fsp3) is 0.333. The number of benzene rings is 3. The summed E-state index contributed by atoms with van der Waals surface area (Å²) in [5.41, 5.74) is 2.73. The molecule has 0 radical (unpaired) electrons. The number of aromatic amines is 1. The van der Waals surface area contributed by atoms with Gasteiger partial charge in [0.2, 0.25) is 17.8 Å². The molecule has 1 aliphatic rings. The molecular formula is C36H39N7O4PS+. The second-order valence-electron chi connectivity index (χ2n) is 12.2.